The topological polar surface area (TPSA) is 59.0 Å². The monoisotopic (exact) mass is 394 g/mol. The molecule has 0 fully saturated rings. The lowest BCUT2D eigenvalue weighted by molar-refractivity contribution is -0.115. The van der Waals surface area contributed by atoms with Crippen LogP contribution in [0.5, 0.6) is 0 Å². The maximum absolute atomic E-state index is 13.8. The molecule has 152 valence electrons. The summed E-state index contributed by atoms with van der Waals surface area (Å²) in [5.41, 5.74) is 5.38. The van der Waals surface area contributed by atoms with Gasteiger partial charge in [-0.05, 0) is 49.1 Å². The number of anilines is 1. The Balaban J connectivity index is 1.78. The summed E-state index contributed by atoms with van der Waals surface area (Å²) in [6.07, 6.45) is 0.949. The van der Waals surface area contributed by atoms with Crippen molar-refractivity contribution in [2.45, 2.75) is 33.2 Å². The molecule has 29 heavy (non-hydrogen) atoms. The van der Waals surface area contributed by atoms with E-state index >= 15 is 0 Å². The number of amides is 1. The third kappa shape index (κ3) is 4.90. The number of aryl methyl sites for hydroxylation is 3. The van der Waals surface area contributed by atoms with E-state index in [1.807, 2.05) is 39.1 Å². The number of rotatable bonds is 7. The summed E-state index contributed by atoms with van der Waals surface area (Å²) >= 11 is 0. The maximum atomic E-state index is 13.8. The molecule has 0 saturated carbocycles. The average Bonchev–Trinajstić information content (AvgIpc) is 2.94. The molecule has 0 bridgehead atoms. The van der Waals surface area contributed by atoms with Gasteiger partial charge in [0, 0.05) is 7.05 Å². The molecule has 2 aromatic carbocycles. The number of hydrogen-bond donors (Lipinski definition) is 2. The second-order valence-corrected chi connectivity index (χ2v) is 7.18. The van der Waals surface area contributed by atoms with Gasteiger partial charge in [-0.1, -0.05) is 43.3 Å². The normalized spacial score (nSPS) is 12.0. The van der Waals surface area contributed by atoms with E-state index in [2.05, 4.69) is 34.8 Å². The lowest BCUT2D eigenvalue weighted by Crippen LogP contribution is -2.32. The van der Waals surface area contributed by atoms with Gasteiger partial charge in [0.25, 0.3) is 0 Å². The second-order valence-electron chi connectivity index (χ2n) is 7.18. The predicted octanol–water partition coefficient (Wildman–Crippen LogP) is 4.06. The number of carbonyl (C=O) groups excluding carboxylic acids is 1. The van der Waals surface area contributed by atoms with E-state index in [4.69, 9.17) is 0 Å². The number of halogens is 1. The summed E-state index contributed by atoms with van der Waals surface area (Å²) in [6, 6.07) is 14.3. The Morgan fingerprint density at radius 2 is 1.86 bits per heavy atom. The first-order valence-electron chi connectivity index (χ1n) is 9.76. The van der Waals surface area contributed by atoms with Gasteiger partial charge in [-0.25, -0.2) is 4.39 Å². The number of nitrogens with zero attached hydrogens (tertiary/aromatic N) is 2. The van der Waals surface area contributed by atoms with Crippen LogP contribution in [0.4, 0.5) is 10.1 Å². The molecule has 1 aromatic heterocycles. The highest BCUT2D eigenvalue weighted by molar-refractivity contribution is 5.93. The molecule has 3 rings (SSSR count). The fourth-order valence-electron chi connectivity index (χ4n) is 3.39. The minimum absolute atomic E-state index is 0.0878. The van der Waals surface area contributed by atoms with Gasteiger partial charge in [-0.15, -0.1) is 0 Å². The zero-order valence-corrected chi connectivity index (χ0v) is 17.3. The first-order chi connectivity index (χ1) is 13.9. The lowest BCUT2D eigenvalue weighted by Gasteiger charge is -2.20. The Kier molecular flexibility index (Phi) is 6.44. The third-order valence-corrected chi connectivity index (χ3v) is 5.14. The van der Waals surface area contributed by atoms with Crippen LogP contribution in [0.25, 0.3) is 0 Å². The van der Waals surface area contributed by atoms with Crippen molar-refractivity contribution in [1.29, 1.82) is 0 Å². The van der Waals surface area contributed by atoms with E-state index in [1.165, 1.54) is 17.7 Å². The van der Waals surface area contributed by atoms with Gasteiger partial charge in [-0.3, -0.25) is 14.8 Å². The molecule has 1 atom stereocenters. The van der Waals surface area contributed by atoms with E-state index in [1.54, 1.807) is 10.7 Å². The molecule has 6 heteroatoms. The molecule has 0 spiro atoms. The summed E-state index contributed by atoms with van der Waals surface area (Å²) in [5.74, 6) is -0.471. The first-order valence-corrected chi connectivity index (χ1v) is 9.76. The van der Waals surface area contributed by atoms with Gasteiger partial charge in [0.2, 0.25) is 5.91 Å². The molecular formula is C23H27FN4O. The van der Waals surface area contributed by atoms with Crippen LogP contribution in [0.3, 0.4) is 0 Å². The Bertz CT molecular complexity index is 995. The summed E-state index contributed by atoms with van der Waals surface area (Å²) in [4.78, 5) is 12.6. The molecule has 0 unspecified atom stereocenters. The van der Waals surface area contributed by atoms with Crippen molar-refractivity contribution in [3.63, 3.8) is 0 Å². The largest absolute Gasteiger partial charge is 0.322 e. The van der Waals surface area contributed by atoms with Gasteiger partial charge in [0.1, 0.15) is 5.82 Å². The Hall–Kier alpha value is -2.99. The van der Waals surface area contributed by atoms with Gasteiger partial charge in [0.15, 0.2) is 0 Å². The molecule has 0 aliphatic heterocycles. The maximum Gasteiger partial charge on any atom is 0.238 e. The number of carbonyl (C=O) groups is 1. The second kappa shape index (κ2) is 9.01. The standard InChI is InChI=1S/C23H27FN4O/c1-5-17-9-11-18(12-10-17)23(19-7-6-8-20(24)13-19)25-14-21(29)26-22-15(2)27-28(4)16(22)3/h6-13,23,25H,5,14H2,1-4H3,(H,26,29)/t23-/m0/s1. The van der Waals surface area contributed by atoms with Crippen molar-refractivity contribution in [2.24, 2.45) is 7.05 Å². The van der Waals surface area contributed by atoms with E-state index in [9.17, 15) is 9.18 Å². The number of aromatic nitrogens is 2. The van der Waals surface area contributed by atoms with Crippen LogP contribution < -0.4 is 10.6 Å². The SMILES string of the molecule is CCc1ccc([C@H](NCC(=O)Nc2c(C)nn(C)c2C)c2cccc(F)c2)cc1. The highest BCUT2D eigenvalue weighted by atomic mass is 19.1. The highest BCUT2D eigenvalue weighted by Crippen LogP contribution is 2.24. The Morgan fingerprint density at radius 3 is 2.45 bits per heavy atom. The fraction of sp³-hybridized carbons (Fsp3) is 0.304. The lowest BCUT2D eigenvalue weighted by atomic mass is 9.97. The van der Waals surface area contributed by atoms with Crippen molar-refractivity contribution in [1.82, 2.24) is 15.1 Å². The van der Waals surface area contributed by atoms with Crippen molar-refractivity contribution in [3.05, 3.63) is 82.4 Å². The molecule has 2 N–H and O–H groups in total. The zero-order valence-electron chi connectivity index (χ0n) is 17.3. The summed E-state index contributed by atoms with van der Waals surface area (Å²) in [5, 5.41) is 10.5. The van der Waals surface area contributed by atoms with Crippen LogP contribution in [0, 0.1) is 19.7 Å². The van der Waals surface area contributed by atoms with Crippen LogP contribution in [-0.2, 0) is 18.3 Å². The third-order valence-electron chi connectivity index (χ3n) is 5.14. The zero-order chi connectivity index (χ0) is 21.0. The molecule has 0 aliphatic carbocycles. The van der Waals surface area contributed by atoms with E-state index < -0.39 is 0 Å². The molecular weight excluding hydrogens is 367 g/mol. The molecule has 1 heterocycles. The Morgan fingerprint density at radius 1 is 1.14 bits per heavy atom. The molecule has 0 saturated heterocycles. The molecule has 3 aromatic rings. The van der Waals surface area contributed by atoms with Crippen LogP contribution in [0.1, 0.15) is 41.0 Å². The highest BCUT2D eigenvalue weighted by Gasteiger charge is 2.17. The van der Waals surface area contributed by atoms with Crippen LogP contribution in [-0.4, -0.2) is 22.2 Å². The number of nitrogens with one attached hydrogen (secondary N) is 2. The smallest absolute Gasteiger partial charge is 0.238 e. The number of benzene rings is 2. The van der Waals surface area contributed by atoms with E-state index in [-0.39, 0.29) is 24.3 Å². The quantitative estimate of drug-likeness (QED) is 0.635. The summed E-state index contributed by atoms with van der Waals surface area (Å²) < 4.78 is 15.6. The van der Waals surface area contributed by atoms with Crippen LogP contribution in [0.15, 0.2) is 48.5 Å². The van der Waals surface area contributed by atoms with Crippen LogP contribution in [0.2, 0.25) is 0 Å². The van der Waals surface area contributed by atoms with Crippen molar-refractivity contribution < 1.29 is 9.18 Å². The van der Waals surface area contributed by atoms with Gasteiger partial charge >= 0.3 is 0 Å². The number of hydrogen-bond acceptors (Lipinski definition) is 3. The molecule has 1 amide bonds. The van der Waals surface area contributed by atoms with E-state index in [0.717, 1.165) is 34.6 Å². The molecule has 0 radical (unpaired) electrons. The van der Waals surface area contributed by atoms with Crippen LogP contribution >= 0.6 is 0 Å². The first kappa shape index (κ1) is 20.7. The predicted molar refractivity (Wildman–Crippen MR) is 113 cm³/mol. The van der Waals surface area contributed by atoms with Gasteiger partial charge in [0.05, 0.1) is 29.7 Å². The van der Waals surface area contributed by atoms with Gasteiger partial charge in [-0.2, -0.15) is 5.10 Å². The minimum atomic E-state index is -0.300. The fourth-order valence-corrected chi connectivity index (χ4v) is 3.39. The average molecular weight is 394 g/mol. The summed E-state index contributed by atoms with van der Waals surface area (Å²) in [7, 11) is 1.84. The Labute approximate surface area is 170 Å². The molecule has 0 aliphatic rings. The van der Waals surface area contributed by atoms with Gasteiger partial charge < -0.3 is 5.32 Å². The van der Waals surface area contributed by atoms with Crippen molar-refractivity contribution in [3.8, 4) is 0 Å². The summed E-state index contributed by atoms with van der Waals surface area (Å²) in [6.45, 7) is 5.96. The van der Waals surface area contributed by atoms with Crippen molar-refractivity contribution >= 4 is 11.6 Å². The van der Waals surface area contributed by atoms with Crippen molar-refractivity contribution in [2.75, 3.05) is 11.9 Å². The van der Waals surface area contributed by atoms with E-state index in [0.29, 0.717) is 0 Å². The minimum Gasteiger partial charge on any atom is -0.322 e. The molecule has 5 nitrogen and oxygen atoms in total.